The Bertz CT molecular complexity index is 1970. The van der Waals surface area contributed by atoms with E-state index in [2.05, 4.69) is 146 Å². The minimum absolute atomic E-state index is 1.30. The molecule has 0 nitrogen and oxygen atoms in total. The van der Waals surface area contributed by atoms with Crippen LogP contribution in [0.4, 0.5) is 0 Å². The first kappa shape index (κ1) is 21.2. The lowest BCUT2D eigenvalue weighted by Crippen LogP contribution is -1.82. The molecule has 0 saturated heterocycles. The maximum atomic E-state index is 2.31. The fourth-order valence-corrected chi connectivity index (χ4v) is 6.06. The number of benzene rings is 9. The van der Waals surface area contributed by atoms with E-state index in [4.69, 9.17) is 0 Å². The first-order valence-corrected chi connectivity index (χ1v) is 13.2. The van der Waals surface area contributed by atoms with Crippen molar-refractivity contribution in [3.05, 3.63) is 146 Å². The topological polar surface area (TPSA) is 0 Å². The molecular formula is C38H24. The van der Waals surface area contributed by atoms with Crippen LogP contribution in [0.15, 0.2) is 146 Å². The van der Waals surface area contributed by atoms with Crippen LogP contribution in [0, 0.1) is 0 Å². The van der Waals surface area contributed by atoms with Gasteiger partial charge in [-0.15, -0.1) is 0 Å². The lowest BCUT2D eigenvalue weighted by atomic mass is 9.95. The van der Waals surface area contributed by atoms with Crippen LogP contribution >= 0.6 is 0 Å². The van der Waals surface area contributed by atoms with Crippen LogP contribution in [-0.4, -0.2) is 0 Å². The Balaban J connectivity index is 0.000000124. The Labute approximate surface area is 220 Å². The molecule has 9 aromatic carbocycles. The summed E-state index contributed by atoms with van der Waals surface area (Å²) in [4.78, 5) is 0. The summed E-state index contributed by atoms with van der Waals surface area (Å²) in [5.74, 6) is 0. The molecule has 9 aromatic rings. The quantitative estimate of drug-likeness (QED) is 0.150. The summed E-state index contributed by atoms with van der Waals surface area (Å²) in [6.07, 6.45) is 0. The average Bonchev–Trinajstić information content (AvgIpc) is 2.97. The summed E-state index contributed by atoms with van der Waals surface area (Å²) >= 11 is 0. The highest BCUT2D eigenvalue weighted by molar-refractivity contribution is 6.22. The largest absolute Gasteiger partial charge is 0.0616 e. The van der Waals surface area contributed by atoms with Crippen LogP contribution in [0.1, 0.15) is 0 Å². The van der Waals surface area contributed by atoms with Crippen molar-refractivity contribution in [2.75, 3.05) is 0 Å². The molecule has 0 aliphatic carbocycles. The van der Waals surface area contributed by atoms with Crippen LogP contribution in [0.5, 0.6) is 0 Å². The highest BCUT2D eigenvalue weighted by Gasteiger charge is 2.06. The molecule has 176 valence electrons. The lowest BCUT2D eigenvalue weighted by molar-refractivity contribution is 1.78. The third kappa shape index (κ3) is 3.38. The molecule has 0 heterocycles. The van der Waals surface area contributed by atoms with Gasteiger partial charge in [-0.2, -0.15) is 0 Å². The van der Waals surface area contributed by atoms with Gasteiger partial charge >= 0.3 is 0 Å². The second kappa shape index (κ2) is 8.30. The summed E-state index contributed by atoms with van der Waals surface area (Å²) in [7, 11) is 0. The van der Waals surface area contributed by atoms with Crippen molar-refractivity contribution in [1.82, 2.24) is 0 Å². The maximum Gasteiger partial charge on any atom is -0.00268 e. The maximum absolute atomic E-state index is 2.31. The fourth-order valence-electron chi connectivity index (χ4n) is 6.06. The van der Waals surface area contributed by atoms with Crippen molar-refractivity contribution in [3.8, 4) is 0 Å². The van der Waals surface area contributed by atoms with Crippen LogP contribution in [-0.2, 0) is 0 Å². The SMILES string of the molecule is c1cc2ccc3cccc4ccc(c1)c2c34.c1ccc2cc3cc4cc5ccccc5cc4cc3cc2c1. The number of fused-ring (bicyclic) bond motifs is 4. The molecule has 0 N–H and O–H groups in total. The second-order valence-electron chi connectivity index (χ2n) is 10.2. The highest BCUT2D eigenvalue weighted by Crippen LogP contribution is 2.34. The van der Waals surface area contributed by atoms with E-state index >= 15 is 0 Å². The zero-order valence-corrected chi connectivity index (χ0v) is 20.9. The summed E-state index contributed by atoms with van der Waals surface area (Å²) in [6.45, 7) is 0. The molecule has 0 bridgehead atoms. The molecule has 38 heavy (non-hydrogen) atoms. The standard InChI is InChI=1S/C22H14.C16H10/c1-2-6-16-10-20-14-22-12-18-8-4-3-7-17(18)11-21(22)13-19(20)9-15(16)5-1;1-3-11-7-9-13-5-2-6-14-10-8-12(4-1)15(11)16(13)14/h1-14H;1-10H. The molecule has 0 spiro atoms. The van der Waals surface area contributed by atoms with E-state index < -0.39 is 0 Å². The molecule has 0 unspecified atom stereocenters. The van der Waals surface area contributed by atoms with Crippen molar-refractivity contribution in [2.24, 2.45) is 0 Å². The molecule has 0 radical (unpaired) electrons. The molecular weight excluding hydrogens is 456 g/mol. The first-order chi connectivity index (χ1) is 18.8. The molecule has 0 aromatic heterocycles. The predicted octanol–water partition coefficient (Wildman–Crippen LogP) is 10.9. The molecule has 0 amide bonds. The third-order valence-corrected chi connectivity index (χ3v) is 7.92. The van der Waals surface area contributed by atoms with Crippen molar-refractivity contribution >= 4 is 75.4 Å². The van der Waals surface area contributed by atoms with Gasteiger partial charge in [0.15, 0.2) is 0 Å². The Hall–Kier alpha value is -4.94. The lowest BCUT2D eigenvalue weighted by Gasteiger charge is -2.09. The molecule has 0 aliphatic rings. The van der Waals surface area contributed by atoms with E-state index in [1.165, 1.54) is 75.4 Å². The zero-order chi connectivity index (χ0) is 25.1. The van der Waals surface area contributed by atoms with Gasteiger partial charge in [0.05, 0.1) is 0 Å². The summed E-state index contributed by atoms with van der Waals surface area (Å²) in [5, 5.41) is 18.6. The van der Waals surface area contributed by atoms with Crippen molar-refractivity contribution in [3.63, 3.8) is 0 Å². The first-order valence-electron chi connectivity index (χ1n) is 13.2. The van der Waals surface area contributed by atoms with E-state index in [0.29, 0.717) is 0 Å². The van der Waals surface area contributed by atoms with Gasteiger partial charge in [-0.3, -0.25) is 0 Å². The molecule has 0 aliphatic heterocycles. The fraction of sp³-hybridized carbons (Fsp3) is 0. The Morgan fingerprint density at radius 2 is 0.421 bits per heavy atom. The van der Waals surface area contributed by atoms with Gasteiger partial charge in [0.1, 0.15) is 0 Å². The average molecular weight is 481 g/mol. The summed E-state index contributed by atoms with van der Waals surface area (Å²) < 4.78 is 0. The second-order valence-corrected chi connectivity index (χ2v) is 10.2. The van der Waals surface area contributed by atoms with Crippen LogP contribution in [0.2, 0.25) is 0 Å². The number of rotatable bonds is 0. The number of hydrogen-bond acceptors (Lipinski definition) is 0. The monoisotopic (exact) mass is 480 g/mol. The van der Waals surface area contributed by atoms with Gasteiger partial charge in [-0.05, 0) is 112 Å². The summed E-state index contributed by atoms with van der Waals surface area (Å²) in [6, 6.07) is 52.8. The highest BCUT2D eigenvalue weighted by atomic mass is 14.1. The minimum Gasteiger partial charge on any atom is -0.0616 e. The van der Waals surface area contributed by atoms with E-state index in [1.54, 1.807) is 0 Å². The van der Waals surface area contributed by atoms with Crippen LogP contribution in [0.25, 0.3) is 75.4 Å². The van der Waals surface area contributed by atoms with Gasteiger partial charge in [-0.1, -0.05) is 109 Å². The van der Waals surface area contributed by atoms with Crippen LogP contribution in [0.3, 0.4) is 0 Å². The Kier molecular flexibility index (Phi) is 4.62. The minimum atomic E-state index is 1.30. The summed E-state index contributed by atoms with van der Waals surface area (Å²) in [5.41, 5.74) is 0. The Morgan fingerprint density at radius 3 is 0.711 bits per heavy atom. The Morgan fingerprint density at radius 1 is 0.184 bits per heavy atom. The van der Waals surface area contributed by atoms with E-state index in [-0.39, 0.29) is 0 Å². The number of hydrogen-bond donors (Lipinski definition) is 0. The molecule has 9 rings (SSSR count). The van der Waals surface area contributed by atoms with Crippen LogP contribution < -0.4 is 0 Å². The van der Waals surface area contributed by atoms with E-state index in [9.17, 15) is 0 Å². The van der Waals surface area contributed by atoms with Crippen molar-refractivity contribution in [1.29, 1.82) is 0 Å². The molecule has 0 fully saturated rings. The van der Waals surface area contributed by atoms with Crippen molar-refractivity contribution < 1.29 is 0 Å². The smallest absolute Gasteiger partial charge is 0.00268 e. The van der Waals surface area contributed by atoms with Crippen molar-refractivity contribution in [2.45, 2.75) is 0 Å². The molecule has 0 heteroatoms. The van der Waals surface area contributed by atoms with Gasteiger partial charge in [0, 0.05) is 0 Å². The zero-order valence-electron chi connectivity index (χ0n) is 20.9. The van der Waals surface area contributed by atoms with Gasteiger partial charge < -0.3 is 0 Å². The normalized spacial score (nSPS) is 11.7. The van der Waals surface area contributed by atoms with E-state index in [0.717, 1.165) is 0 Å². The van der Waals surface area contributed by atoms with Gasteiger partial charge in [-0.25, -0.2) is 0 Å². The van der Waals surface area contributed by atoms with E-state index in [1.807, 2.05) is 0 Å². The molecule has 0 atom stereocenters. The van der Waals surface area contributed by atoms with Gasteiger partial charge in [0.2, 0.25) is 0 Å². The predicted molar refractivity (Wildman–Crippen MR) is 167 cm³/mol. The molecule has 0 saturated carbocycles. The third-order valence-electron chi connectivity index (χ3n) is 7.92. The van der Waals surface area contributed by atoms with Gasteiger partial charge in [0.25, 0.3) is 0 Å².